The number of methoxy groups -OCH3 is 1. The molecule has 4 rings (SSSR count). The van der Waals surface area contributed by atoms with Gasteiger partial charge in [-0.25, -0.2) is 18.4 Å². The number of halogens is 3. The number of anilines is 2. The van der Waals surface area contributed by atoms with Gasteiger partial charge in [-0.3, -0.25) is 0 Å². The third kappa shape index (κ3) is 5.81. The number of hydrogen-bond acceptors (Lipinski definition) is 6. The number of aryl methyl sites for hydroxylation is 2. The molecule has 12 heteroatoms. The number of alkyl halides is 3. The van der Waals surface area contributed by atoms with Crippen molar-refractivity contribution in [1.82, 2.24) is 18.8 Å². The first kappa shape index (κ1) is 27.1. The Hall–Kier alpha value is -3.90. The van der Waals surface area contributed by atoms with E-state index in [1.165, 1.54) is 30.4 Å². The second kappa shape index (κ2) is 10.5. The van der Waals surface area contributed by atoms with E-state index in [2.05, 4.69) is 15.3 Å². The summed E-state index contributed by atoms with van der Waals surface area (Å²) in [6.45, 7) is 1.65. The highest BCUT2D eigenvalue weighted by atomic mass is 32.2. The van der Waals surface area contributed by atoms with E-state index >= 15 is 0 Å². The fourth-order valence-corrected chi connectivity index (χ4v) is 4.98. The Balaban J connectivity index is 1.68. The Labute approximate surface area is 218 Å². The van der Waals surface area contributed by atoms with Crippen LogP contribution in [0.3, 0.4) is 0 Å². The number of benzene rings is 2. The number of ether oxygens (including phenoxy) is 1. The molecule has 0 aliphatic rings. The van der Waals surface area contributed by atoms with Gasteiger partial charge in [0.25, 0.3) is 0 Å². The minimum Gasteiger partial charge on any atom is -0.497 e. The number of imidazole rings is 1. The maximum atomic E-state index is 13.4. The van der Waals surface area contributed by atoms with Crippen molar-refractivity contribution in [3.05, 3.63) is 83.9 Å². The van der Waals surface area contributed by atoms with Crippen molar-refractivity contribution in [3.8, 4) is 17.0 Å². The fraction of sp³-hybridized carbons (Fsp3) is 0.231. The monoisotopic (exact) mass is 545 g/mol. The summed E-state index contributed by atoms with van der Waals surface area (Å²) in [7, 11) is 0.917. The SMILES string of the molecule is COc1ccc(CN(C)S(=O)(=O)c2ccc(Nc3ncc(C(F)(F)F)cc3C)c(-c3cn(C)cn3)c2)cc1. The summed E-state index contributed by atoms with van der Waals surface area (Å²) in [5, 5.41) is 3.04. The summed E-state index contributed by atoms with van der Waals surface area (Å²) in [5.41, 5.74) is 1.58. The van der Waals surface area contributed by atoms with Gasteiger partial charge in [0.05, 0.1) is 29.6 Å². The van der Waals surface area contributed by atoms with Crippen LogP contribution in [0.5, 0.6) is 5.75 Å². The van der Waals surface area contributed by atoms with E-state index in [-0.39, 0.29) is 22.8 Å². The lowest BCUT2D eigenvalue weighted by Crippen LogP contribution is -2.26. The Morgan fingerprint density at radius 1 is 1.08 bits per heavy atom. The molecule has 2 heterocycles. The number of aromatic nitrogens is 3. The molecule has 0 aliphatic carbocycles. The average molecular weight is 546 g/mol. The average Bonchev–Trinajstić information content (AvgIpc) is 3.31. The Morgan fingerprint density at radius 2 is 1.79 bits per heavy atom. The molecule has 0 saturated carbocycles. The third-order valence-electron chi connectivity index (χ3n) is 5.90. The number of nitrogens with zero attached hydrogens (tertiary/aromatic N) is 4. The second-order valence-electron chi connectivity index (χ2n) is 8.75. The number of pyridine rings is 1. The molecule has 0 unspecified atom stereocenters. The lowest BCUT2D eigenvalue weighted by molar-refractivity contribution is -0.137. The Kier molecular flexibility index (Phi) is 7.47. The maximum absolute atomic E-state index is 13.4. The molecule has 200 valence electrons. The first-order valence-electron chi connectivity index (χ1n) is 11.4. The molecule has 2 aromatic heterocycles. The van der Waals surface area contributed by atoms with Crippen LogP contribution in [-0.2, 0) is 29.8 Å². The highest BCUT2D eigenvalue weighted by Crippen LogP contribution is 2.35. The number of hydrogen-bond donors (Lipinski definition) is 1. The number of nitrogens with one attached hydrogen (secondary N) is 1. The Morgan fingerprint density at radius 3 is 2.37 bits per heavy atom. The Bertz CT molecular complexity index is 1550. The predicted molar refractivity (Wildman–Crippen MR) is 138 cm³/mol. The second-order valence-corrected chi connectivity index (χ2v) is 10.8. The summed E-state index contributed by atoms with van der Waals surface area (Å²) in [6.07, 6.45) is -0.477. The van der Waals surface area contributed by atoms with Crippen LogP contribution >= 0.6 is 0 Å². The molecular formula is C26H26F3N5O3S. The number of rotatable bonds is 8. The van der Waals surface area contributed by atoms with Crippen molar-refractivity contribution in [2.24, 2.45) is 7.05 Å². The largest absolute Gasteiger partial charge is 0.497 e. The zero-order valence-electron chi connectivity index (χ0n) is 21.1. The smallest absolute Gasteiger partial charge is 0.417 e. The van der Waals surface area contributed by atoms with Crippen molar-refractivity contribution in [2.75, 3.05) is 19.5 Å². The highest BCUT2D eigenvalue weighted by molar-refractivity contribution is 7.89. The minimum atomic E-state index is -4.51. The summed E-state index contributed by atoms with van der Waals surface area (Å²) in [5.74, 6) is 0.877. The van der Waals surface area contributed by atoms with E-state index < -0.39 is 21.8 Å². The van der Waals surface area contributed by atoms with Crippen LogP contribution < -0.4 is 10.1 Å². The molecule has 0 aliphatic heterocycles. The van der Waals surface area contributed by atoms with Crippen LogP contribution in [0.1, 0.15) is 16.7 Å². The predicted octanol–water partition coefficient (Wildman–Crippen LogP) is 5.38. The first-order chi connectivity index (χ1) is 17.9. The van der Waals surface area contributed by atoms with Crippen LogP contribution in [0, 0.1) is 6.92 Å². The van der Waals surface area contributed by atoms with Crippen molar-refractivity contribution in [1.29, 1.82) is 0 Å². The van der Waals surface area contributed by atoms with E-state index in [9.17, 15) is 21.6 Å². The molecule has 0 fully saturated rings. The molecule has 0 radical (unpaired) electrons. The first-order valence-corrected chi connectivity index (χ1v) is 12.8. The summed E-state index contributed by atoms with van der Waals surface area (Å²) in [4.78, 5) is 8.33. The molecule has 0 bridgehead atoms. The van der Waals surface area contributed by atoms with E-state index in [0.717, 1.165) is 17.8 Å². The fourth-order valence-electron chi connectivity index (χ4n) is 3.80. The molecule has 0 spiro atoms. The van der Waals surface area contributed by atoms with Crippen molar-refractivity contribution in [3.63, 3.8) is 0 Å². The molecule has 4 aromatic rings. The van der Waals surface area contributed by atoms with Gasteiger partial charge in [0.15, 0.2) is 0 Å². The number of sulfonamides is 1. The van der Waals surface area contributed by atoms with Gasteiger partial charge < -0.3 is 14.6 Å². The molecule has 0 atom stereocenters. The molecule has 1 N–H and O–H groups in total. The van der Waals surface area contributed by atoms with Crippen molar-refractivity contribution >= 4 is 21.5 Å². The maximum Gasteiger partial charge on any atom is 0.417 e. The van der Waals surface area contributed by atoms with Gasteiger partial charge in [0.2, 0.25) is 10.0 Å². The highest BCUT2D eigenvalue weighted by Gasteiger charge is 2.31. The normalized spacial score (nSPS) is 12.1. The van der Waals surface area contributed by atoms with Gasteiger partial charge in [-0.2, -0.15) is 17.5 Å². The van der Waals surface area contributed by atoms with Crippen LogP contribution in [0.25, 0.3) is 11.3 Å². The molecule has 8 nitrogen and oxygen atoms in total. The summed E-state index contributed by atoms with van der Waals surface area (Å²) < 4.78 is 74.2. The topological polar surface area (TPSA) is 89.4 Å². The molecule has 0 saturated heterocycles. The molecular weight excluding hydrogens is 519 g/mol. The lowest BCUT2D eigenvalue weighted by atomic mass is 10.1. The molecule has 0 amide bonds. The van der Waals surface area contributed by atoms with Crippen molar-refractivity contribution in [2.45, 2.75) is 24.5 Å². The van der Waals surface area contributed by atoms with E-state index in [1.54, 1.807) is 61.6 Å². The van der Waals surface area contributed by atoms with Crippen LogP contribution in [-0.4, -0.2) is 41.4 Å². The van der Waals surface area contributed by atoms with Crippen molar-refractivity contribution < 1.29 is 26.3 Å². The third-order valence-corrected chi connectivity index (χ3v) is 7.70. The van der Waals surface area contributed by atoms with Gasteiger partial charge in [-0.15, -0.1) is 0 Å². The van der Waals surface area contributed by atoms with Gasteiger partial charge in [-0.1, -0.05) is 12.1 Å². The zero-order valence-corrected chi connectivity index (χ0v) is 21.9. The van der Waals surface area contributed by atoms with Crippen LogP contribution in [0.2, 0.25) is 0 Å². The quantitative estimate of drug-likeness (QED) is 0.320. The summed E-state index contributed by atoms with van der Waals surface area (Å²) >= 11 is 0. The minimum absolute atomic E-state index is 0.0387. The standard InChI is InChI=1S/C26H26F3N5O3S/c1-17-11-19(26(27,28)29)13-30-25(17)32-23-10-9-21(12-22(23)24-15-33(2)16-31-24)38(35,36)34(3)14-18-5-7-20(37-4)8-6-18/h5-13,15-16H,14H2,1-4H3,(H,30,32). The van der Waals surface area contributed by atoms with E-state index in [0.29, 0.717) is 22.7 Å². The van der Waals surface area contributed by atoms with Crippen LogP contribution in [0.4, 0.5) is 24.7 Å². The van der Waals surface area contributed by atoms with E-state index in [4.69, 9.17) is 4.74 Å². The molecule has 2 aromatic carbocycles. The lowest BCUT2D eigenvalue weighted by Gasteiger charge is -2.19. The summed E-state index contributed by atoms with van der Waals surface area (Å²) in [6, 6.07) is 12.6. The van der Waals surface area contributed by atoms with Gasteiger partial charge in [0, 0.05) is 44.3 Å². The van der Waals surface area contributed by atoms with Gasteiger partial charge in [0.1, 0.15) is 11.6 Å². The van der Waals surface area contributed by atoms with Gasteiger partial charge >= 0.3 is 6.18 Å². The van der Waals surface area contributed by atoms with E-state index in [1.807, 2.05) is 0 Å². The van der Waals surface area contributed by atoms with Gasteiger partial charge in [-0.05, 0) is 54.4 Å². The molecule has 38 heavy (non-hydrogen) atoms. The zero-order chi connectivity index (χ0) is 27.7. The van der Waals surface area contributed by atoms with Crippen LogP contribution in [0.15, 0.2) is 72.1 Å².